The van der Waals surface area contributed by atoms with Crippen LogP contribution >= 0.6 is 0 Å². The highest BCUT2D eigenvalue weighted by atomic mass is 16.5. The van der Waals surface area contributed by atoms with Gasteiger partial charge in [0.1, 0.15) is 0 Å². The number of nitrogens with one attached hydrogen (secondary N) is 1. The molecule has 5 nitrogen and oxygen atoms in total. The Morgan fingerprint density at radius 3 is 2.36 bits per heavy atom. The van der Waals surface area contributed by atoms with E-state index in [0.29, 0.717) is 6.54 Å². The molecule has 0 radical (unpaired) electrons. The molecule has 5 heteroatoms. The quantitative estimate of drug-likeness (QED) is 0.276. The summed E-state index contributed by atoms with van der Waals surface area (Å²) < 4.78 is 4.70. The number of para-hydroxylation sites is 1. The summed E-state index contributed by atoms with van der Waals surface area (Å²) in [6.07, 6.45) is 8.42. The fourth-order valence-corrected chi connectivity index (χ4v) is 4.60. The number of carbonyl (C=O) groups is 2. The molecule has 0 atom stereocenters. The van der Waals surface area contributed by atoms with Crippen molar-refractivity contribution >= 4 is 29.3 Å². The van der Waals surface area contributed by atoms with Crippen LogP contribution in [-0.2, 0) is 27.4 Å². The zero-order valence-corrected chi connectivity index (χ0v) is 20.9. The predicted octanol–water partition coefficient (Wildman–Crippen LogP) is 6.60. The summed E-state index contributed by atoms with van der Waals surface area (Å²) >= 11 is 0. The van der Waals surface area contributed by atoms with Crippen LogP contribution in [0, 0.1) is 5.92 Å². The topological polar surface area (TPSA) is 58.6 Å². The molecule has 0 bridgehead atoms. The van der Waals surface area contributed by atoms with Crippen LogP contribution in [0.25, 0.3) is 6.08 Å². The minimum absolute atomic E-state index is 0.0577. The number of benzene rings is 3. The Kier molecular flexibility index (Phi) is 8.92. The number of carbonyl (C=O) groups excluding carboxylic acids is 2. The molecule has 36 heavy (non-hydrogen) atoms. The number of hydrogen-bond donors (Lipinski definition) is 1. The molecule has 0 spiro atoms. The number of ether oxygens (including phenoxy) is 1. The molecule has 0 aromatic heterocycles. The highest BCUT2D eigenvalue weighted by molar-refractivity contribution is 5.95. The average molecular weight is 483 g/mol. The minimum Gasteiger partial charge on any atom is -0.466 e. The minimum atomic E-state index is -0.405. The first kappa shape index (κ1) is 25.2. The number of methoxy groups -OCH3 is 1. The van der Waals surface area contributed by atoms with Gasteiger partial charge in [0.25, 0.3) is 0 Å². The Morgan fingerprint density at radius 1 is 0.917 bits per heavy atom. The number of anilines is 2. The van der Waals surface area contributed by atoms with Gasteiger partial charge in [-0.2, -0.15) is 0 Å². The summed E-state index contributed by atoms with van der Waals surface area (Å²) in [6.45, 7) is 1.25. The van der Waals surface area contributed by atoms with Crippen molar-refractivity contribution in [1.82, 2.24) is 0 Å². The SMILES string of the molecule is COC(=O)/C=C/c1cccc(N(Cc2ccc(CNc3ccccc3)cc2)C(=O)C2CCCCC2)c1. The second-order valence-corrected chi connectivity index (χ2v) is 9.25. The molecule has 4 rings (SSSR count). The van der Waals surface area contributed by atoms with Crippen LogP contribution in [0.5, 0.6) is 0 Å². The summed E-state index contributed by atoms with van der Waals surface area (Å²) in [6, 6.07) is 26.3. The number of nitrogens with zero attached hydrogens (tertiary/aromatic N) is 1. The van der Waals surface area contributed by atoms with Gasteiger partial charge in [-0.15, -0.1) is 0 Å². The zero-order chi connectivity index (χ0) is 25.2. The number of hydrogen-bond acceptors (Lipinski definition) is 4. The van der Waals surface area contributed by atoms with Crippen LogP contribution in [-0.4, -0.2) is 19.0 Å². The maximum Gasteiger partial charge on any atom is 0.330 e. The van der Waals surface area contributed by atoms with Crippen molar-refractivity contribution < 1.29 is 14.3 Å². The third-order valence-corrected chi connectivity index (χ3v) is 6.65. The molecule has 1 aliphatic rings. The van der Waals surface area contributed by atoms with Crippen molar-refractivity contribution in [2.24, 2.45) is 5.92 Å². The van der Waals surface area contributed by atoms with E-state index >= 15 is 0 Å². The fraction of sp³-hybridized carbons (Fsp3) is 0.290. The van der Waals surface area contributed by atoms with Gasteiger partial charge >= 0.3 is 5.97 Å². The predicted molar refractivity (Wildman–Crippen MR) is 145 cm³/mol. The summed E-state index contributed by atoms with van der Waals surface area (Å²) in [5.41, 5.74) is 5.04. The van der Waals surface area contributed by atoms with Gasteiger partial charge in [-0.25, -0.2) is 4.79 Å². The van der Waals surface area contributed by atoms with Crippen LogP contribution < -0.4 is 10.2 Å². The Morgan fingerprint density at radius 2 is 1.64 bits per heavy atom. The highest BCUT2D eigenvalue weighted by Gasteiger charge is 2.27. The van der Waals surface area contributed by atoms with E-state index < -0.39 is 5.97 Å². The molecule has 1 aliphatic carbocycles. The summed E-state index contributed by atoms with van der Waals surface area (Å²) in [4.78, 5) is 27.1. The standard InChI is InChI=1S/C31H34N2O3/c1-36-30(34)20-19-24-9-8-14-29(21-24)33(31(35)27-10-4-2-5-11-27)23-26-17-15-25(16-18-26)22-32-28-12-6-3-7-13-28/h3,6-9,12-21,27,32H,2,4-5,10-11,22-23H2,1H3/b20-19+. The molecule has 0 aliphatic heterocycles. The first-order chi connectivity index (χ1) is 17.6. The summed E-state index contributed by atoms with van der Waals surface area (Å²) in [7, 11) is 1.36. The van der Waals surface area contributed by atoms with Crippen LogP contribution in [0.4, 0.5) is 11.4 Å². The van der Waals surface area contributed by atoms with Gasteiger partial charge in [-0.05, 0) is 59.9 Å². The molecule has 186 valence electrons. The van der Waals surface area contributed by atoms with Crippen LogP contribution in [0.15, 0.2) is 84.9 Å². The van der Waals surface area contributed by atoms with E-state index in [9.17, 15) is 9.59 Å². The maximum atomic E-state index is 13.7. The lowest BCUT2D eigenvalue weighted by atomic mass is 9.88. The van der Waals surface area contributed by atoms with Crippen LogP contribution in [0.2, 0.25) is 0 Å². The third-order valence-electron chi connectivity index (χ3n) is 6.65. The summed E-state index contributed by atoms with van der Waals surface area (Å²) in [5.74, 6) is -0.168. The van der Waals surface area contributed by atoms with Gasteiger partial charge in [0, 0.05) is 29.9 Å². The van der Waals surface area contributed by atoms with E-state index in [1.807, 2.05) is 47.4 Å². The lowest BCUT2D eigenvalue weighted by Gasteiger charge is -2.30. The molecular weight excluding hydrogens is 448 g/mol. The molecule has 1 saturated carbocycles. The molecule has 3 aromatic rings. The monoisotopic (exact) mass is 482 g/mol. The van der Waals surface area contributed by atoms with Gasteiger partial charge in [0.15, 0.2) is 0 Å². The first-order valence-corrected chi connectivity index (χ1v) is 12.7. The van der Waals surface area contributed by atoms with E-state index in [0.717, 1.165) is 54.7 Å². The van der Waals surface area contributed by atoms with Crippen LogP contribution in [0.3, 0.4) is 0 Å². The van der Waals surface area contributed by atoms with E-state index in [2.05, 4.69) is 41.7 Å². The summed E-state index contributed by atoms with van der Waals surface area (Å²) in [5, 5.41) is 3.43. The lowest BCUT2D eigenvalue weighted by molar-refractivity contribution is -0.134. The van der Waals surface area contributed by atoms with Gasteiger partial charge in [-0.1, -0.05) is 73.9 Å². The maximum absolute atomic E-state index is 13.7. The zero-order valence-electron chi connectivity index (χ0n) is 20.9. The van der Waals surface area contributed by atoms with Crippen molar-refractivity contribution in [3.05, 3.63) is 102 Å². The van der Waals surface area contributed by atoms with Crippen molar-refractivity contribution in [1.29, 1.82) is 0 Å². The first-order valence-electron chi connectivity index (χ1n) is 12.7. The Bertz CT molecular complexity index is 1170. The Labute approximate surface area is 213 Å². The van der Waals surface area contributed by atoms with Crippen molar-refractivity contribution in [3.63, 3.8) is 0 Å². The molecule has 1 N–H and O–H groups in total. The largest absolute Gasteiger partial charge is 0.466 e. The van der Waals surface area contributed by atoms with Crippen molar-refractivity contribution in [2.45, 2.75) is 45.2 Å². The Hall–Kier alpha value is -3.86. The molecule has 1 amide bonds. The lowest BCUT2D eigenvalue weighted by Crippen LogP contribution is -2.36. The molecule has 3 aromatic carbocycles. The van der Waals surface area contributed by atoms with Gasteiger partial charge in [0.2, 0.25) is 5.91 Å². The van der Waals surface area contributed by atoms with Gasteiger partial charge in [0.05, 0.1) is 13.7 Å². The molecule has 0 unspecified atom stereocenters. The average Bonchev–Trinajstić information content (AvgIpc) is 2.95. The molecular formula is C31H34N2O3. The molecule has 0 saturated heterocycles. The highest BCUT2D eigenvalue weighted by Crippen LogP contribution is 2.29. The number of esters is 1. The second-order valence-electron chi connectivity index (χ2n) is 9.25. The van der Waals surface area contributed by atoms with Crippen LogP contribution in [0.1, 0.15) is 48.8 Å². The van der Waals surface area contributed by atoms with Gasteiger partial charge < -0.3 is 15.0 Å². The van der Waals surface area contributed by atoms with Crippen molar-refractivity contribution in [3.8, 4) is 0 Å². The molecule has 1 fully saturated rings. The third kappa shape index (κ3) is 7.08. The normalized spacial score (nSPS) is 13.9. The smallest absolute Gasteiger partial charge is 0.330 e. The number of rotatable bonds is 9. The molecule has 0 heterocycles. The number of amides is 1. The van der Waals surface area contributed by atoms with E-state index in [1.165, 1.54) is 25.2 Å². The van der Waals surface area contributed by atoms with E-state index in [-0.39, 0.29) is 11.8 Å². The Balaban J connectivity index is 1.51. The van der Waals surface area contributed by atoms with Gasteiger partial charge in [-0.3, -0.25) is 4.79 Å². The fourth-order valence-electron chi connectivity index (χ4n) is 4.60. The van der Waals surface area contributed by atoms with E-state index in [4.69, 9.17) is 4.74 Å². The van der Waals surface area contributed by atoms with E-state index in [1.54, 1.807) is 6.08 Å². The second kappa shape index (κ2) is 12.7. The van der Waals surface area contributed by atoms with Crippen molar-refractivity contribution in [2.75, 3.05) is 17.3 Å².